The lowest BCUT2D eigenvalue weighted by Gasteiger charge is -2.17. The summed E-state index contributed by atoms with van der Waals surface area (Å²) in [5.74, 6) is 1.23. The number of hydrogen-bond donors (Lipinski definition) is 1. The Labute approximate surface area is 174 Å². The highest BCUT2D eigenvalue weighted by molar-refractivity contribution is 5.51. The SMILES string of the molecule is Cc1cccc(CN(C)CCCCOc2ccc(CC(C)CC=O)c(O)c2C)n1. The van der Waals surface area contributed by atoms with Crippen molar-refractivity contribution in [2.45, 2.75) is 53.0 Å². The van der Waals surface area contributed by atoms with E-state index in [1.54, 1.807) is 0 Å². The number of aldehydes is 1. The van der Waals surface area contributed by atoms with Crippen molar-refractivity contribution < 1.29 is 14.6 Å². The van der Waals surface area contributed by atoms with Crippen molar-refractivity contribution in [3.05, 3.63) is 52.8 Å². The molecule has 0 bridgehead atoms. The van der Waals surface area contributed by atoms with Gasteiger partial charge in [-0.2, -0.15) is 0 Å². The number of hydrogen-bond acceptors (Lipinski definition) is 5. The predicted octanol–water partition coefficient (Wildman–Crippen LogP) is 4.46. The van der Waals surface area contributed by atoms with Crippen molar-refractivity contribution in [1.82, 2.24) is 9.88 Å². The Morgan fingerprint density at radius 1 is 1.21 bits per heavy atom. The maximum atomic E-state index is 10.6. The van der Waals surface area contributed by atoms with Gasteiger partial charge in [-0.05, 0) is 76.4 Å². The molecule has 158 valence electrons. The summed E-state index contributed by atoms with van der Waals surface area (Å²) in [4.78, 5) is 17.5. The molecule has 1 heterocycles. The molecule has 0 saturated heterocycles. The Balaban J connectivity index is 1.74. The molecule has 0 radical (unpaired) electrons. The zero-order chi connectivity index (χ0) is 21.2. The number of pyridine rings is 1. The van der Waals surface area contributed by atoms with Gasteiger partial charge in [0.25, 0.3) is 0 Å². The maximum absolute atomic E-state index is 10.6. The normalized spacial score (nSPS) is 12.2. The zero-order valence-electron chi connectivity index (χ0n) is 18.1. The molecule has 1 aromatic heterocycles. The average Bonchev–Trinajstić information content (AvgIpc) is 2.67. The number of rotatable bonds is 12. The third-order valence-electron chi connectivity index (χ3n) is 5.10. The van der Waals surface area contributed by atoms with Gasteiger partial charge in [-0.1, -0.05) is 19.1 Å². The number of nitrogens with zero attached hydrogens (tertiary/aromatic N) is 2. The summed E-state index contributed by atoms with van der Waals surface area (Å²) in [7, 11) is 2.11. The van der Waals surface area contributed by atoms with Crippen LogP contribution in [-0.2, 0) is 17.8 Å². The molecular formula is C24H34N2O3. The van der Waals surface area contributed by atoms with Gasteiger partial charge >= 0.3 is 0 Å². The number of phenols is 1. The molecule has 1 atom stereocenters. The highest BCUT2D eigenvalue weighted by Gasteiger charge is 2.13. The van der Waals surface area contributed by atoms with E-state index in [0.717, 1.165) is 60.5 Å². The largest absolute Gasteiger partial charge is 0.507 e. The number of aromatic nitrogens is 1. The first-order valence-electron chi connectivity index (χ1n) is 10.4. The van der Waals surface area contributed by atoms with Gasteiger partial charge in [0.15, 0.2) is 0 Å². The topological polar surface area (TPSA) is 62.7 Å². The molecule has 0 fully saturated rings. The van der Waals surface area contributed by atoms with Crippen molar-refractivity contribution in [2.24, 2.45) is 5.92 Å². The van der Waals surface area contributed by atoms with E-state index in [2.05, 4.69) is 23.0 Å². The molecule has 1 N–H and O–H groups in total. The second-order valence-electron chi connectivity index (χ2n) is 7.97. The van der Waals surface area contributed by atoms with Gasteiger partial charge < -0.3 is 19.5 Å². The first-order chi connectivity index (χ1) is 13.9. The third kappa shape index (κ3) is 7.50. The van der Waals surface area contributed by atoms with Gasteiger partial charge in [0.05, 0.1) is 12.3 Å². The Kier molecular flexibility index (Phi) is 9.13. The van der Waals surface area contributed by atoms with Crippen LogP contribution >= 0.6 is 0 Å². The number of carbonyl (C=O) groups excluding carboxylic acids is 1. The van der Waals surface area contributed by atoms with E-state index < -0.39 is 0 Å². The Bertz CT molecular complexity index is 792. The molecule has 0 amide bonds. The lowest BCUT2D eigenvalue weighted by Crippen LogP contribution is -2.20. The number of ether oxygens (including phenoxy) is 1. The maximum Gasteiger partial charge on any atom is 0.125 e. The standard InChI is InChI=1S/C24H34N2O3/c1-18(12-14-27)16-21-10-11-23(20(3)24(21)28)29-15-6-5-13-26(4)17-22-9-7-8-19(2)25-22/h7-11,14,18,28H,5-6,12-13,15-17H2,1-4H3. The average molecular weight is 399 g/mol. The minimum absolute atomic E-state index is 0.219. The number of phenolic OH excluding ortho intramolecular Hbond substituents is 1. The Morgan fingerprint density at radius 2 is 2.00 bits per heavy atom. The minimum Gasteiger partial charge on any atom is -0.507 e. The van der Waals surface area contributed by atoms with Crippen LogP contribution < -0.4 is 4.74 Å². The highest BCUT2D eigenvalue weighted by Crippen LogP contribution is 2.32. The first-order valence-corrected chi connectivity index (χ1v) is 10.4. The summed E-state index contributed by atoms with van der Waals surface area (Å²) in [5.41, 5.74) is 3.78. The van der Waals surface area contributed by atoms with Crippen molar-refractivity contribution >= 4 is 6.29 Å². The smallest absolute Gasteiger partial charge is 0.125 e. The molecule has 2 aromatic rings. The fourth-order valence-corrected chi connectivity index (χ4v) is 3.39. The monoisotopic (exact) mass is 398 g/mol. The molecule has 1 unspecified atom stereocenters. The summed E-state index contributed by atoms with van der Waals surface area (Å²) in [6.07, 6.45) is 4.11. The van der Waals surface area contributed by atoms with Crippen molar-refractivity contribution in [3.8, 4) is 11.5 Å². The van der Waals surface area contributed by atoms with E-state index in [9.17, 15) is 9.90 Å². The number of aromatic hydroxyl groups is 1. The fraction of sp³-hybridized carbons (Fsp3) is 0.500. The van der Waals surface area contributed by atoms with E-state index in [-0.39, 0.29) is 11.7 Å². The minimum atomic E-state index is 0.219. The van der Waals surface area contributed by atoms with Gasteiger partial charge in [0.1, 0.15) is 17.8 Å². The number of unbranched alkanes of at least 4 members (excludes halogenated alkanes) is 1. The van der Waals surface area contributed by atoms with Gasteiger partial charge in [0.2, 0.25) is 0 Å². The molecule has 0 spiro atoms. The summed E-state index contributed by atoms with van der Waals surface area (Å²) < 4.78 is 5.89. The van der Waals surface area contributed by atoms with Crippen LogP contribution in [0.5, 0.6) is 11.5 Å². The molecule has 5 nitrogen and oxygen atoms in total. The van der Waals surface area contributed by atoms with Gasteiger partial charge in [-0.15, -0.1) is 0 Å². The van der Waals surface area contributed by atoms with Crippen LogP contribution in [0.25, 0.3) is 0 Å². The van der Waals surface area contributed by atoms with Gasteiger partial charge in [-0.25, -0.2) is 0 Å². The molecule has 0 saturated carbocycles. The molecule has 1 aromatic carbocycles. The van der Waals surface area contributed by atoms with Crippen LogP contribution in [0.3, 0.4) is 0 Å². The fourth-order valence-electron chi connectivity index (χ4n) is 3.39. The van der Waals surface area contributed by atoms with Crippen molar-refractivity contribution in [1.29, 1.82) is 0 Å². The predicted molar refractivity (Wildman–Crippen MR) is 116 cm³/mol. The number of carbonyl (C=O) groups is 1. The zero-order valence-corrected chi connectivity index (χ0v) is 18.1. The summed E-state index contributed by atoms with van der Waals surface area (Å²) in [5, 5.41) is 10.4. The van der Waals surface area contributed by atoms with Crippen LogP contribution in [0, 0.1) is 19.8 Å². The van der Waals surface area contributed by atoms with Crippen LogP contribution in [-0.4, -0.2) is 41.5 Å². The lowest BCUT2D eigenvalue weighted by molar-refractivity contribution is -0.108. The van der Waals surface area contributed by atoms with Crippen LogP contribution in [0.15, 0.2) is 30.3 Å². The van der Waals surface area contributed by atoms with E-state index in [0.29, 0.717) is 19.4 Å². The highest BCUT2D eigenvalue weighted by atomic mass is 16.5. The van der Waals surface area contributed by atoms with Gasteiger partial charge in [-0.3, -0.25) is 4.98 Å². The molecule has 0 aliphatic heterocycles. The van der Waals surface area contributed by atoms with Crippen molar-refractivity contribution in [2.75, 3.05) is 20.2 Å². The van der Waals surface area contributed by atoms with Crippen LogP contribution in [0.4, 0.5) is 0 Å². The number of benzene rings is 1. The second-order valence-corrected chi connectivity index (χ2v) is 7.97. The van der Waals surface area contributed by atoms with Gasteiger partial charge in [0, 0.05) is 24.2 Å². The molecule has 29 heavy (non-hydrogen) atoms. The van der Waals surface area contributed by atoms with Crippen LogP contribution in [0.1, 0.15) is 48.7 Å². The Morgan fingerprint density at radius 3 is 2.72 bits per heavy atom. The molecule has 0 aliphatic carbocycles. The summed E-state index contributed by atoms with van der Waals surface area (Å²) in [6, 6.07) is 9.95. The van der Waals surface area contributed by atoms with Crippen molar-refractivity contribution in [3.63, 3.8) is 0 Å². The molecule has 0 aliphatic rings. The third-order valence-corrected chi connectivity index (χ3v) is 5.10. The first kappa shape index (κ1) is 22.9. The molecular weight excluding hydrogens is 364 g/mol. The molecule has 5 heteroatoms. The Hall–Kier alpha value is -2.40. The van der Waals surface area contributed by atoms with E-state index in [4.69, 9.17) is 4.74 Å². The second kappa shape index (κ2) is 11.6. The summed E-state index contributed by atoms with van der Waals surface area (Å²) in [6.45, 7) is 8.35. The number of aryl methyl sites for hydroxylation is 1. The van der Waals surface area contributed by atoms with Crippen LogP contribution in [0.2, 0.25) is 0 Å². The summed E-state index contributed by atoms with van der Waals surface area (Å²) >= 11 is 0. The quantitative estimate of drug-likeness (QED) is 0.422. The van der Waals surface area contributed by atoms with E-state index in [1.807, 2.05) is 45.0 Å². The van der Waals surface area contributed by atoms with E-state index in [1.165, 1.54) is 0 Å². The lowest BCUT2D eigenvalue weighted by atomic mass is 9.96. The molecule has 2 rings (SSSR count). The van der Waals surface area contributed by atoms with E-state index >= 15 is 0 Å².